The molecule has 4 rings (SSSR count). The van der Waals surface area contributed by atoms with Crippen LogP contribution in [0.15, 0.2) is 42.5 Å². The van der Waals surface area contributed by atoms with Crippen molar-refractivity contribution in [1.82, 2.24) is 20.5 Å². The van der Waals surface area contributed by atoms with Crippen LogP contribution < -0.4 is 20.9 Å². The van der Waals surface area contributed by atoms with E-state index in [1.54, 1.807) is 7.05 Å². The number of nitrogens with zero attached hydrogens (tertiary/aromatic N) is 3. The van der Waals surface area contributed by atoms with Gasteiger partial charge in [0.1, 0.15) is 17.3 Å². The molecule has 2 aromatic rings. The van der Waals surface area contributed by atoms with Crippen LogP contribution in [0.4, 0.5) is 11.6 Å². The van der Waals surface area contributed by atoms with Crippen LogP contribution in [0.25, 0.3) is 0 Å². The van der Waals surface area contributed by atoms with E-state index in [9.17, 15) is 4.79 Å². The molecule has 0 spiro atoms. The summed E-state index contributed by atoms with van der Waals surface area (Å²) in [7, 11) is 1.79. The molecule has 8 heteroatoms. The molecule has 0 saturated carbocycles. The average Bonchev–Trinajstić information content (AvgIpc) is 3.10. The van der Waals surface area contributed by atoms with Crippen molar-refractivity contribution >= 4 is 23.3 Å². The summed E-state index contributed by atoms with van der Waals surface area (Å²) in [5, 5.41) is 17.8. The maximum Gasteiger partial charge on any atom is 0.270 e. The highest BCUT2D eigenvalue weighted by Crippen LogP contribution is 2.21. The minimum absolute atomic E-state index is 0.0400. The highest BCUT2D eigenvalue weighted by atomic mass is 16.1. The molecule has 33 heavy (non-hydrogen) atoms. The van der Waals surface area contributed by atoms with Crippen molar-refractivity contribution in [2.45, 2.75) is 31.8 Å². The average molecular weight is 450 g/mol. The Morgan fingerprint density at radius 2 is 1.88 bits per heavy atom. The first kappa shape index (κ1) is 23.2. The van der Waals surface area contributed by atoms with E-state index in [4.69, 9.17) is 10.4 Å². The molecule has 3 heterocycles. The molecule has 8 nitrogen and oxygen atoms in total. The van der Waals surface area contributed by atoms with Gasteiger partial charge in [-0.05, 0) is 50.0 Å². The summed E-state index contributed by atoms with van der Waals surface area (Å²) in [6.45, 7) is 6.63. The number of carbonyl (C=O) groups is 1. The van der Waals surface area contributed by atoms with Crippen molar-refractivity contribution in [3.05, 3.63) is 53.6 Å². The van der Waals surface area contributed by atoms with Gasteiger partial charge in [-0.15, -0.1) is 0 Å². The highest BCUT2D eigenvalue weighted by molar-refractivity contribution is 6.45. The van der Waals surface area contributed by atoms with E-state index in [1.165, 1.54) is 5.56 Å². The maximum absolute atomic E-state index is 12.7. The second-order valence-corrected chi connectivity index (χ2v) is 8.79. The largest absolute Gasteiger partial charge is 0.373 e. The van der Waals surface area contributed by atoms with Crippen molar-refractivity contribution < 1.29 is 4.79 Å². The number of benzene rings is 1. The smallest absolute Gasteiger partial charge is 0.270 e. The Kier molecular flexibility index (Phi) is 7.91. The molecule has 1 aromatic carbocycles. The van der Waals surface area contributed by atoms with Gasteiger partial charge in [0, 0.05) is 51.4 Å². The molecule has 4 N–H and O–H groups in total. The van der Waals surface area contributed by atoms with E-state index < -0.39 is 0 Å². The van der Waals surface area contributed by atoms with Crippen LogP contribution in [-0.2, 0) is 11.3 Å². The van der Waals surface area contributed by atoms with Crippen LogP contribution in [-0.4, -0.2) is 73.9 Å². The number of amides is 1. The number of rotatable bonds is 7. The lowest BCUT2D eigenvalue weighted by atomic mass is 10.1. The van der Waals surface area contributed by atoms with Crippen molar-refractivity contribution in [3.8, 4) is 0 Å². The van der Waals surface area contributed by atoms with Crippen LogP contribution in [0.5, 0.6) is 0 Å². The summed E-state index contributed by atoms with van der Waals surface area (Å²) in [5.74, 6) is 1.12. The first-order valence-electron chi connectivity index (χ1n) is 11.9. The number of aromatic nitrogens is 1. The van der Waals surface area contributed by atoms with E-state index in [0.717, 1.165) is 70.9 Å². The van der Waals surface area contributed by atoms with Gasteiger partial charge >= 0.3 is 0 Å². The third-order valence-electron chi connectivity index (χ3n) is 6.45. The van der Waals surface area contributed by atoms with Crippen LogP contribution in [0.2, 0.25) is 0 Å². The van der Waals surface area contributed by atoms with Crippen LogP contribution in [0.1, 0.15) is 30.4 Å². The molecular formula is C25H35N7O. The van der Waals surface area contributed by atoms with Gasteiger partial charge in [0.05, 0.1) is 0 Å². The zero-order valence-corrected chi connectivity index (χ0v) is 19.4. The molecule has 0 unspecified atom stereocenters. The van der Waals surface area contributed by atoms with Gasteiger partial charge in [-0.2, -0.15) is 0 Å². The molecule has 1 amide bonds. The zero-order chi connectivity index (χ0) is 23.0. The Hall–Kier alpha value is -2.97. The number of nitrogens with one attached hydrogen (secondary N) is 4. The van der Waals surface area contributed by atoms with Crippen molar-refractivity contribution in [3.63, 3.8) is 0 Å². The molecular weight excluding hydrogens is 414 g/mol. The molecule has 0 aliphatic carbocycles. The number of carbonyl (C=O) groups excluding carboxylic acids is 1. The first-order valence-corrected chi connectivity index (χ1v) is 11.9. The van der Waals surface area contributed by atoms with E-state index in [1.807, 2.05) is 12.1 Å². The highest BCUT2D eigenvalue weighted by Gasteiger charge is 2.23. The second kappa shape index (κ2) is 11.2. The van der Waals surface area contributed by atoms with Crippen LogP contribution in [0.3, 0.4) is 0 Å². The molecule has 2 saturated heterocycles. The molecule has 0 radical (unpaired) electrons. The lowest BCUT2D eigenvalue weighted by Crippen LogP contribution is -2.45. The molecule has 2 aliphatic rings. The summed E-state index contributed by atoms with van der Waals surface area (Å²) in [6.07, 6.45) is 2.86. The molecule has 176 valence electrons. The maximum atomic E-state index is 12.7. The summed E-state index contributed by atoms with van der Waals surface area (Å²) in [4.78, 5) is 22.2. The summed E-state index contributed by atoms with van der Waals surface area (Å²) in [5.41, 5.74) is 1.84. The predicted octanol–water partition coefficient (Wildman–Crippen LogP) is 2.07. The molecule has 0 atom stereocenters. The number of hydrogen-bond acceptors (Lipinski definition) is 7. The zero-order valence-electron chi connectivity index (χ0n) is 19.4. The quantitative estimate of drug-likeness (QED) is 0.484. The van der Waals surface area contributed by atoms with E-state index >= 15 is 0 Å². The van der Waals surface area contributed by atoms with Crippen molar-refractivity contribution in [1.29, 1.82) is 5.41 Å². The fourth-order valence-electron chi connectivity index (χ4n) is 4.56. The minimum atomic E-state index is -0.334. The molecule has 2 fully saturated rings. The third-order valence-corrected chi connectivity index (χ3v) is 6.45. The first-order chi connectivity index (χ1) is 16.1. The Balaban J connectivity index is 1.39. The number of pyridine rings is 1. The summed E-state index contributed by atoms with van der Waals surface area (Å²) in [6, 6.07) is 14.5. The molecule has 2 aliphatic heterocycles. The van der Waals surface area contributed by atoms with Gasteiger partial charge in [0.2, 0.25) is 0 Å². The Morgan fingerprint density at radius 3 is 2.64 bits per heavy atom. The molecule has 0 bridgehead atoms. The van der Waals surface area contributed by atoms with E-state index in [0.29, 0.717) is 11.4 Å². The van der Waals surface area contributed by atoms with E-state index in [-0.39, 0.29) is 17.7 Å². The van der Waals surface area contributed by atoms with Crippen molar-refractivity contribution in [2.75, 3.05) is 56.5 Å². The fourth-order valence-corrected chi connectivity index (χ4v) is 4.56. The van der Waals surface area contributed by atoms with Crippen molar-refractivity contribution in [2.24, 2.45) is 0 Å². The number of hydrogen-bond donors (Lipinski definition) is 4. The third kappa shape index (κ3) is 6.09. The summed E-state index contributed by atoms with van der Waals surface area (Å²) >= 11 is 0. The monoisotopic (exact) mass is 449 g/mol. The second-order valence-electron chi connectivity index (χ2n) is 8.79. The SMILES string of the molecule is CNc1nc(N2CCCN(Cc3ccccc3)CC2)ccc1C(=N)C(=O)NC1CCNCC1. The van der Waals surface area contributed by atoms with Gasteiger partial charge in [-0.25, -0.2) is 4.98 Å². The van der Waals surface area contributed by atoms with E-state index in [2.05, 4.69) is 56.1 Å². The standard InChI is InChI=1S/C25H35N7O/c1-27-24-21(23(26)25(33)29-20-10-12-28-13-11-20)8-9-22(30-24)32-15-5-14-31(16-17-32)18-19-6-3-2-4-7-19/h2-4,6-9,20,26,28H,5,10-18H2,1H3,(H,27,30)(H,29,33). The predicted molar refractivity (Wildman–Crippen MR) is 133 cm³/mol. The minimum Gasteiger partial charge on any atom is -0.373 e. The topological polar surface area (TPSA) is 96.4 Å². The lowest BCUT2D eigenvalue weighted by molar-refractivity contribution is -0.115. The van der Waals surface area contributed by atoms with Gasteiger partial charge in [0.25, 0.3) is 5.91 Å². The van der Waals surface area contributed by atoms with Crippen LogP contribution >= 0.6 is 0 Å². The number of piperidine rings is 1. The Bertz CT molecular complexity index is 943. The fraction of sp³-hybridized carbons (Fsp3) is 0.480. The van der Waals surface area contributed by atoms with Gasteiger partial charge in [-0.3, -0.25) is 15.1 Å². The lowest BCUT2D eigenvalue weighted by Gasteiger charge is -2.25. The normalized spacial score (nSPS) is 17.9. The van der Waals surface area contributed by atoms with Gasteiger partial charge < -0.3 is 20.9 Å². The summed E-state index contributed by atoms with van der Waals surface area (Å²) < 4.78 is 0. The number of anilines is 2. The van der Waals surface area contributed by atoms with Gasteiger partial charge in [0.15, 0.2) is 0 Å². The Labute approximate surface area is 196 Å². The Morgan fingerprint density at radius 1 is 1.09 bits per heavy atom. The van der Waals surface area contributed by atoms with Gasteiger partial charge in [-0.1, -0.05) is 30.3 Å². The molecule has 1 aromatic heterocycles. The van der Waals surface area contributed by atoms with Crippen LogP contribution in [0, 0.1) is 5.41 Å².